The number of thiophene rings is 1. The Balaban J connectivity index is 1.89. The number of carbonyl (C=O) groups excluding carboxylic acids is 1. The molecule has 4 nitrogen and oxygen atoms in total. The number of nitrogens with one attached hydrogen (secondary N) is 1. The smallest absolute Gasteiger partial charge is 0.311 e. The SMILES string of the molecule is Cc1ccc(CC(=O)NCC2(C(=O)O)CCCCC2)s1. The lowest BCUT2D eigenvalue weighted by Crippen LogP contribution is -2.44. The number of aryl methyl sites for hydroxylation is 1. The van der Waals surface area contributed by atoms with E-state index in [0.717, 1.165) is 24.1 Å². The van der Waals surface area contributed by atoms with Crippen LogP contribution >= 0.6 is 11.3 Å². The van der Waals surface area contributed by atoms with Crippen molar-refractivity contribution in [3.05, 3.63) is 21.9 Å². The van der Waals surface area contributed by atoms with Gasteiger partial charge in [0.15, 0.2) is 0 Å². The lowest BCUT2D eigenvalue weighted by atomic mass is 9.74. The molecule has 1 amide bonds. The molecule has 0 atom stereocenters. The predicted octanol–water partition coefficient (Wildman–Crippen LogP) is 2.75. The van der Waals surface area contributed by atoms with Gasteiger partial charge in [-0.25, -0.2) is 0 Å². The Labute approximate surface area is 123 Å². The Kier molecular flexibility index (Phi) is 4.81. The first kappa shape index (κ1) is 15.0. The average molecular weight is 295 g/mol. The summed E-state index contributed by atoms with van der Waals surface area (Å²) in [6.07, 6.45) is 4.64. The van der Waals surface area contributed by atoms with E-state index in [4.69, 9.17) is 0 Å². The molecule has 0 aromatic carbocycles. The molecular formula is C15H21NO3S. The van der Waals surface area contributed by atoms with E-state index >= 15 is 0 Å². The van der Waals surface area contributed by atoms with Gasteiger partial charge in [-0.15, -0.1) is 11.3 Å². The minimum atomic E-state index is -0.774. The van der Waals surface area contributed by atoms with Crippen LogP contribution in [-0.2, 0) is 16.0 Å². The maximum atomic E-state index is 11.9. The topological polar surface area (TPSA) is 66.4 Å². The van der Waals surface area contributed by atoms with Gasteiger partial charge in [-0.05, 0) is 31.9 Å². The van der Waals surface area contributed by atoms with Gasteiger partial charge in [-0.1, -0.05) is 19.3 Å². The minimum absolute atomic E-state index is 0.0851. The molecule has 0 unspecified atom stereocenters. The normalized spacial score (nSPS) is 17.6. The highest BCUT2D eigenvalue weighted by Gasteiger charge is 2.39. The Morgan fingerprint density at radius 3 is 2.55 bits per heavy atom. The molecule has 1 saturated carbocycles. The summed E-state index contributed by atoms with van der Waals surface area (Å²) in [5.74, 6) is -0.859. The number of aliphatic carboxylic acids is 1. The minimum Gasteiger partial charge on any atom is -0.481 e. The van der Waals surface area contributed by atoms with Gasteiger partial charge in [0.1, 0.15) is 0 Å². The second-order valence-electron chi connectivity index (χ2n) is 5.61. The maximum absolute atomic E-state index is 11.9. The summed E-state index contributed by atoms with van der Waals surface area (Å²) in [7, 11) is 0. The Morgan fingerprint density at radius 2 is 2.00 bits per heavy atom. The van der Waals surface area contributed by atoms with Crippen LogP contribution in [-0.4, -0.2) is 23.5 Å². The molecular weight excluding hydrogens is 274 g/mol. The molecule has 1 heterocycles. The highest BCUT2D eigenvalue weighted by Crippen LogP contribution is 2.36. The standard InChI is InChI=1S/C15H21NO3S/c1-11-5-6-12(20-11)9-13(17)16-10-15(14(18)19)7-3-2-4-8-15/h5-6H,2-4,7-10H2,1H3,(H,16,17)(H,18,19). The van der Waals surface area contributed by atoms with E-state index in [9.17, 15) is 14.7 Å². The fraction of sp³-hybridized carbons (Fsp3) is 0.600. The van der Waals surface area contributed by atoms with E-state index in [1.807, 2.05) is 19.1 Å². The quantitative estimate of drug-likeness (QED) is 0.877. The third-order valence-corrected chi connectivity index (χ3v) is 5.02. The van der Waals surface area contributed by atoms with Crippen molar-refractivity contribution in [2.75, 3.05) is 6.54 Å². The molecule has 20 heavy (non-hydrogen) atoms. The molecule has 0 radical (unpaired) electrons. The molecule has 110 valence electrons. The van der Waals surface area contributed by atoms with Gasteiger partial charge >= 0.3 is 5.97 Å². The lowest BCUT2D eigenvalue weighted by molar-refractivity contribution is -0.151. The van der Waals surface area contributed by atoms with E-state index < -0.39 is 11.4 Å². The molecule has 1 aromatic heterocycles. The van der Waals surface area contributed by atoms with Crippen LogP contribution in [0.1, 0.15) is 41.9 Å². The van der Waals surface area contributed by atoms with E-state index in [-0.39, 0.29) is 12.5 Å². The van der Waals surface area contributed by atoms with E-state index in [1.54, 1.807) is 11.3 Å². The van der Waals surface area contributed by atoms with Crippen LogP contribution in [0.4, 0.5) is 0 Å². The number of carbonyl (C=O) groups is 2. The summed E-state index contributed by atoms with van der Waals surface area (Å²) < 4.78 is 0. The van der Waals surface area contributed by atoms with Crippen molar-refractivity contribution in [3.63, 3.8) is 0 Å². The van der Waals surface area contributed by atoms with Crippen LogP contribution in [0.5, 0.6) is 0 Å². The second-order valence-corrected chi connectivity index (χ2v) is 6.98. The summed E-state index contributed by atoms with van der Waals surface area (Å²) in [5.41, 5.74) is -0.751. The number of carboxylic acids is 1. The molecule has 0 aliphatic heterocycles. The van der Waals surface area contributed by atoms with Gasteiger partial charge in [-0.2, -0.15) is 0 Å². The van der Waals surface area contributed by atoms with Gasteiger partial charge in [0.2, 0.25) is 5.91 Å². The average Bonchev–Trinajstić information content (AvgIpc) is 2.83. The van der Waals surface area contributed by atoms with Crippen LogP contribution in [0.2, 0.25) is 0 Å². The largest absolute Gasteiger partial charge is 0.481 e. The van der Waals surface area contributed by atoms with Crippen LogP contribution in [0.25, 0.3) is 0 Å². The zero-order valence-corrected chi connectivity index (χ0v) is 12.6. The molecule has 0 bridgehead atoms. The summed E-state index contributed by atoms with van der Waals surface area (Å²) in [6.45, 7) is 2.26. The van der Waals surface area contributed by atoms with Gasteiger partial charge < -0.3 is 10.4 Å². The highest BCUT2D eigenvalue weighted by atomic mass is 32.1. The Bertz CT molecular complexity index is 489. The molecule has 1 fully saturated rings. The predicted molar refractivity (Wildman–Crippen MR) is 78.9 cm³/mol. The van der Waals surface area contributed by atoms with Crippen molar-refractivity contribution >= 4 is 23.2 Å². The number of hydrogen-bond acceptors (Lipinski definition) is 3. The summed E-state index contributed by atoms with van der Waals surface area (Å²) in [5, 5.41) is 12.3. The third kappa shape index (κ3) is 3.60. The van der Waals surface area contributed by atoms with Crippen LogP contribution in [0.15, 0.2) is 12.1 Å². The molecule has 2 rings (SSSR count). The Morgan fingerprint density at radius 1 is 1.30 bits per heavy atom. The number of hydrogen-bond donors (Lipinski definition) is 2. The zero-order chi connectivity index (χ0) is 14.6. The van der Waals surface area contributed by atoms with Crippen molar-refractivity contribution in [2.24, 2.45) is 5.41 Å². The van der Waals surface area contributed by atoms with Crippen molar-refractivity contribution in [1.82, 2.24) is 5.32 Å². The number of carboxylic acid groups (broad SMARTS) is 1. The van der Waals surface area contributed by atoms with E-state index in [0.29, 0.717) is 19.3 Å². The van der Waals surface area contributed by atoms with Crippen molar-refractivity contribution in [2.45, 2.75) is 45.4 Å². The highest BCUT2D eigenvalue weighted by molar-refractivity contribution is 7.12. The summed E-state index contributed by atoms with van der Waals surface area (Å²) in [4.78, 5) is 25.6. The van der Waals surface area contributed by atoms with Crippen molar-refractivity contribution < 1.29 is 14.7 Å². The lowest BCUT2D eigenvalue weighted by Gasteiger charge is -2.33. The van der Waals surface area contributed by atoms with E-state index in [2.05, 4.69) is 5.32 Å². The number of amides is 1. The van der Waals surface area contributed by atoms with E-state index in [1.165, 1.54) is 4.88 Å². The van der Waals surface area contributed by atoms with Crippen LogP contribution < -0.4 is 5.32 Å². The fourth-order valence-electron chi connectivity index (χ4n) is 2.76. The van der Waals surface area contributed by atoms with Gasteiger partial charge in [0, 0.05) is 16.3 Å². The van der Waals surface area contributed by atoms with Crippen molar-refractivity contribution in [3.8, 4) is 0 Å². The summed E-state index contributed by atoms with van der Waals surface area (Å²) >= 11 is 1.61. The van der Waals surface area contributed by atoms with Crippen LogP contribution in [0, 0.1) is 12.3 Å². The second kappa shape index (κ2) is 6.39. The van der Waals surface area contributed by atoms with Gasteiger partial charge in [-0.3, -0.25) is 9.59 Å². The molecule has 2 N–H and O–H groups in total. The molecule has 1 aliphatic rings. The number of rotatable bonds is 5. The first-order chi connectivity index (χ1) is 9.52. The molecule has 5 heteroatoms. The first-order valence-corrected chi connectivity index (χ1v) is 7.89. The maximum Gasteiger partial charge on any atom is 0.311 e. The molecule has 1 aromatic rings. The molecule has 0 saturated heterocycles. The first-order valence-electron chi connectivity index (χ1n) is 7.07. The third-order valence-electron chi connectivity index (χ3n) is 4.02. The van der Waals surface area contributed by atoms with Gasteiger partial charge in [0.25, 0.3) is 0 Å². The zero-order valence-electron chi connectivity index (χ0n) is 11.8. The van der Waals surface area contributed by atoms with Crippen molar-refractivity contribution in [1.29, 1.82) is 0 Å². The van der Waals surface area contributed by atoms with Gasteiger partial charge in [0.05, 0.1) is 11.8 Å². The molecule has 0 spiro atoms. The summed E-state index contributed by atoms with van der Waals surface area (Å²) in [6, 6.07) is 3.94. The fourth-order valence-corrected chi connectivity index (χ4v) is 3.65. The molecule has 1 aliphatic carbocycles. The van der Waals surface area contributed by atoms with Crippen LogP contribution in [0.3, 0.4) is 0 Å². The monoisotopic (exact) mass is 295 g/mol. The Hall–Kier alpha value is -1.36.